The van der Waals surface area contributed by atoms with Crippen molar-refractivity contribution >= 4 is 27.3 Å². The van der Waals surface area contributed by atoms with Gasteiger partial charge in [-0.15, -0.1) is 11.3 Å². The fourth-order valence-electron chi connectivity index (χ4n) is 2.89. The van der Waals surface area contributed by atoms with Gasteiger partial charge >= 0.3 is 0 Å². The number of ether oxygens (including phenoxy) is 2. The van der Waals surface area contributed by atoms with E-state index in [1.807, 2.05) is 5.38 Å². The zero-order chi connectivity index (χ0) is 21.0. The van der Waals surface area contributed by atoms with Gasteiger partial charge in [-0.2, -0.15) is 4.31 Å². The lowest BCUT2D eigenvalue weighted by Crippen LogP contribution is -2.40. The molecular weight excluding hydrogens is 414 g/mol. The summed E-state index contributed by atoms with van der Waals surface area (Å²) in [5.74, 6) is 0.165. The third-order valence-corrected chi connectivity index (χ3v) is 7.62. The Morgan fingerprint density at radius 2 is 2.07 bits per heavy atom. The van der Waals surface area contributed by atoms with Crippen LogP contribution in [0.3, 0.4) is 0 Å². The van der Waals surface area contributed by atoms with E-state index in [4.69, 9.17) is 9.47 Å². The molecular formula is C19H25N3O5S2. The van der Waals surface area contributed by atoms with Crippen LogP contribution < -0.4 is 10.1 Å². The highest BCUT2D eigenvalue weighted by molar-refractivity contribution is 7.89. The Morgan fingerprint density at radius 3 is 2.69 bits per heavy atom. The molecule has 29 heavy (non-hydrogen) atoms. The summed E-state index contributed by atoms with van der Waals surface area (Å²) in [6.45, 7) is 5.62. The lowest BCUT2D eigenvalue weighted by Gasteiger charge is -2.26. The smallest absolute Gasteiger partial charge is 0.251 e. The topological polar surface area (TPSA) is 97.8 Å². The summed E-state index contributed by atoms with van der Waals surface area (Å²) in [6.07, 6.45) is 0. The number of thiazole rings is 1. The molecule has 1 N–H and O–H groups in total. The van der Waals surface area contributed by atoms with E-state index >= 15 is 0 Å². The Hall–Kier alpha value is -2.01. The average molecular weight is 440 g/mol. The number of sulfonamides is 1. The summed E-state index contributed by atoms with van der Waals surface area (Å²) in [5, 5.41) is 5.73. The van der Waals surface area contributed by atoms with Gasteiger partial charge in [0.05, 0.1) is 37.6 Å². The molecule has 1 amide bonds. The van der Waals surface area contributed by atoms with E-state index in [2.05, 4.69) is 24.1 Å². The van der Waals surface area contributed by atoms with E-state index in [0.717, 1.165) is 10.7 Å². The first-order valence-corrected chi connectivity index (χ1v) is 11.6. The van der Waals surface area contributed by atoms with E-state index in [9.17, 15) is 13.2 Å². The van der Waals surface area contributed by atoms with E-state index in [0.29, 0.717) is 19.1 Å². The highest BCUT2D eigenvalue weighted by atomic mass is 32.2. The minimum Gasteiger partial charge on any atom is -0.495 e. The standard InChI is InChI=1S/C19H25N3O5S2/c1-13(2)19-21-15(12-28-19)11-20-18(23)14-4-5-16(26-3)17(10-14)29(24,25)22-6-8-27-9-7-22/h4-5,10,12-13H,6-9,11H2,1-3H3,(H,20,23). The van der Waals surface area contributed by atoms with Crippen LogP contribution in [-0.4, -0.2) is 57.0 Å². The highest BCUT2D eigenvalue weighted by Gasteiger charge is 2.30. The maximum atomic E-state index is 13.0. The molecule has 3 rings (SSSR count). The SMILES string of the molecule is COc1ccc(C(=O)NCc2csc(C(C)C)n2)cc1S(=O)(=O)N1CCOCC1. The van der Waals surface area contributed by atoms with Crippen LogP contribution in [0.25, 0.3) is 0 Å². The number of morpholine rings is 1. The molecule has 0 radical (unpaired) electrons. The van der Waals surface area contributed by atoms with Crippen LogP contribution in [-0.2, 0) is 21.3 Å². The van der Waals surface area contributed by atoms with Gasteiger partial charge in [-0.3, -0.25) is 4.79 Å². The summed E-state index contributed by atoms with van der Waals surface area (Å²) in [4.78, 5) is 17.1. The molecule has 1 saturated heterocycles. The number of benzene rings is 1. The molecule has 1 fully saturated rings. The number of carbonyl (C=O) groups is 1. The second kappa shape index (κ2) is 9.21. The van der Waals surface area contributed by atoms with Crippen LogP contribution in [0.5, 0.6) is 5.75 Å². The van der Waals surface area contributed by atoms with Crippen LogP contribution >= 0.6 is 11.3 Å². The van der Waals surface area contributed by atoms with Crippen molar-refractivity contribution in [3.05, 3.63) is 39.8 Å². The molecule has 0 bridgehead atoms. The minimum absolute atomic E-state index is 0.0229. The van der Waals surface area contributed by atoms with Gasteiger partial charge in [0.15, 0.2) is 0 Å². The van der Waals surface area contributed by atoms with Crippen LogP contribution in [0, 0.1) is 0 Å². The zero-order valence-electron chi connectivity index (χ0n) is 16.7. The number of hydrogen-bond acceptors (Lipinski definition) is 7. The lowest BCUT2D eigenvalue weighted by atomic mass is 10.2. The van der Waals surface area contributed by atoms with Gasteiger partial charge in [0, 0.05) is 30.0 Å². The van der Waals surface area contributed by atoms with Crippen molar-refractivity contribution in [2.45, 2.75) is 31.2 Å². The Balaban J connectivity index is 1.79. The quantitative estimate of drug-likeness (QED) is 0.710. The number of amides is 1. The normalized spacial score (nSPS) is 15.4. The molecule has 0 atom stereocenters. The summed E-state index contributed by atoms with van der Waals surface area (Å²) >= 11 is 1.56. The Morgan fingerprint density at radius 1 is 1.34 bits per heavy atom. The first kappa shape index (κ1) is 21.7. The summed E-state index contributed by atoms with van der Waals surface area (Å²) < 4.78 is 37.9. The van der Waals surface area contributed by atoms with Gasteiger partial charge in [0.25, 0.3) is 5.91 Å². The molecule has 0 saturated carbocycles. The maximum absolute atomic E-state index is 13.0. The van der Waals surface area contributed by atoms with E-state index < -0.39 is 10.0 Å². The molecule has 0 spiro atoms. The van der Waals surface area contributed by atoms with Crippen molar-refractivity contribution in [3.8, 4) is 5.75 Å². The molecule has 1 aliphatic heterocycles. The zero-order valence-corrected chi connectivity index (χ0v) is 18.3. The number of rotatable bonds is 7. The predicted molar refractivity (Wildman–Crippen MR) is 110 cm³/mol. The van der Waals surface area contributed by atoms with Gasteiger partial charge < -0.3 is 14.8 Å². The molecule has 10 heteroatoms. The molecule has 1 aromatic carbocycles. The van der Waals surface area contributed by atoms with Gasteiger partial charge in [-0.05, 0) is 18.2 Å². The van der Waals surface area contributed by atoms with Crippen molar-refractivity contribution in [1.29, 1.82) is 0 Å². The fraction of sp³-hybridized carbons (Fsp3) is 0.474. The number of nitrogens with one attached hydrogen (secondary N) is 1. The third kappa shape index (κ3) is 4.95. The summed E-state index contributed by atoms with van der Waals surface area (Å²) in [5.41, 5.74) is 1.03. The second-order valence-electron chi connectivity index (χ2n) is 6.90. The average Bonchev–Trinajstić information content (AvgIpc) is 3.21. The van der Waals surface area contributed by atoms with Crippen LogP contribution in [0.2, 0.25) is 0 Å². The molecule has 1 aliphatic rings. The van der Waals surface area contributed by atoms with Gasteiger partial charge in [0.2, 0.25) is 10.0 Å². The minimum atomic E-state index is -3.80. The van der Waals surface area contributed by atoms with Gasteiger partial charge in [-0.25, -0.2) is 13.4 Å². The van der Waals surface area contributed by atoms with Crippen LogP contribution in [0.15, 0.2) is 28.5 Å². The summed E-state index contributed by atoms with van der Waals surface area (Å²) in [7, 11) is -2.39. The molecule has 158 valence electrons. The van der Waals surface area contributed by atoms with Crippen molar-refractivity contribution in [1.82, 2.24) is 14.6 Å². The molecule has 8 nitrogen and oxygen atoms in total. The molecule has 0 aliphatic carbocycles. The van der Waals surface area contributed by atoms with E-state index in [1.165, 1.54) is 23.5 Å². The third-order valence-electron chi connectivity index (χ3n) is 4.51. The largest absolute Gasteiger partial charge is 0.495 e. The molecule has 2 heterocycles. The van der Waals surface area contributed by atoms with Gasteiger partial charge in [-0.1, -0.05) is 13.8 Å². The van der Waals surface area contributed by atoms with Crippen molar-refractivity contribution < 1.29 is 22.7 Å². The first-order valence-electron chi connectivity index (χ1n) is 9.31. The maximum Gasteiger partial charge on any atom is 0.251 e. The lowest BCUT2D eigenvalue weighted by molar-refractivity contribution is 0.0729. The summed E-state index contributed by atoms with van der Waals surface area (Å²) in [6, 6.07) is 4.41. The fourth-order valence-corrected chi connectivity index (χ4v) is 5.31. The monoisotopic (exact) mass is 439 g/mol. The number of aromatic nitrogens is 1. The van der Waals surface area contributed by atoms with Crippen molar-refractivity contribution in [3.63, 3.8) is 0 Å². The second-order valence-corrected chi connectivity index (χ2v) is 9.69. The Kier molecular flexibility index (Phi) is 6.89. The number of hydrogen-bond donors (Lipinski definition) is 1. The molecule has 0 unspecified atom stereocenters. The van der Waals surface area contributed by atoms with E-state index in [1.54, 1.807) is 17.4 Å². The van der Waals surface area contributed by atoms with Crippen molar-refractivity contribution in [2.75, 3.05) is 33.4 Å². The Labute approximate surface area is 174 Å². The van der Waals surface area contributed by atoms with Crippen LogP contribution in [0.4, 0.5) is 0 Å². The number of nitrogens with zero attached hydrogens (tertiary/aromatic N) is 2. The molecule has 2 aromatic rings. The van der Waals surface area contributed by atoms with Crippen LogP contribution in [0.1, 0.15) is 40.8 Å². The Bertz CT molecular complexity index is 966. The van der Waals surface area contributed by atoms with Gasteiger partial charge in [0.1, 0.15) is 10.6 Å². The first-order chi connectivity index (χ1) is 13.8. The predicted octanol–water partition coefficient (Wildman–Crippen LogP) is 2.23. The number of carbonyl (C=O) groups excluding carboxylic acids is 1. The van der Waals surface area contributed by atoms with E-state index in [-0.39, 0.29) is 41.7 Å². The number of methoxy groups -OCH3 is 1. The van der Waals surface area contributed by atoms with Crippen molar-refractivity contribution in [2.24, 2.45) is 0 Å². The molecule has 1 aromatic heterocycles. The highest BCUT2D eigenvalue weighted by Crippen LogP contribution is 2.28.